The van der Waals surface area contributed by atoms with Crippen molar-refractivity contribution in [1.82, 2.24) is 5.32 Å². The zero-order valence-corrected chi connectivity index (χ0v) is 19.0. The third-order valence-electron chi connectivity index (χ3n) is 4.91. The zero-order chi connectivity index (χ0) is 22.8. The van der Waals surface area contributed by atoms with Crippen molar-refractivity contribution >= 4 is 46.6 Å². The maximum atomic E-state index is 14.1. The van der Waals surface area contributed by atoms with Crippen LogP contribution in [0.1, 0.15) is 33.5 Å². The average Bonchev–Trinajstić information content (AvgIpc) is 3.14. The molecule has 31 heavy (non-hydrogen) atoms. The number of benzene rings is 2. The van der Waals surface area contributed by atoms with Gasteiger partial charge in [0.25, 0.3) is 11.5 Å². The molecule has 1 heterocycles. The molecular formula is C21H19Cl2F3N2O2S. The van der Waals surface area contributed by atoms with E-state index in [0.29, 0.717) is 23.2 Å². The molecule has 4 nitrogen and oxygen atoms in total. The summed E-state index contributed by atoms with van der Waals surface area (Å²) in [6.45, 7) is 2.25. The molecule has 1 atom stereocenters. The lowest BCUT2D eigenvalue weighted by molar-refractivity contribution is -0.275. The molecule has 2 aromatic carbocycles. The summed E-state index contributed by atoms with van der Waals surface area (Å²) in [5.41, 5.74) is -1.29. The summed E-state index contributed by atoms with van der Waals surface area (Å²) in [5, 5.41) is 6.68. The Labute approximate surface area is 192 Å². The second kappa shape index (κ2) is 9.30. The molecular weight excluding hydrogens is 472 g/mol. The number of nitrogens with zero attached hydrogens (tertiary/aromatic N) is 1. The van der Waals surface area contributed by atoms with E-state index in [1.165, 1.54) is 18.2 Å². The molecule has 0 saturated carbocycles. The molecule has 1 amide bonds. The van der Waals surface area contributed by atoms with Gasteiger partial charge in [0.1, 0.15) is 0 Å². The van der Waals surface area contributed by atoms with Crippen molar-refractivity contribution in [2.75, 3.05) is 18.6 Å². The molecule has 1 aliphatic rings. The summed E-state index contributed by atoms with van der Waals surface area (Å²) in [5.74, 6) is 0.547. The van der Waals surface area contributed by atoms with Gasteiger partial charge in [0.2, 0.25) is 0 Å². The number of halogens is 5. The van der Waals surface area contributed by atoms with Gasteiger partial charge in [-0.3, -0.25) is 4.79 Å². The molecule has 0 bridgehead atoms. The molecule has 0 aromatic heterocycles. The molecule has 0 spiro atoms. The van der Waals surface area contributed by atoms with Crippen LogP contribution in [0.5, 0.6) is 0 Å². The summed E-state index contributed by atoms with van der Waals surface area (Å²) >= 11 is 13.5. The summed E-state index contributed by atoms with van der Waals surface area (Å²) in [7, 11) is 0. The highest BCUT2D eigenvalue weighted by Gasteiger charge is 2.62. The Bertz CT molecular complexity index is 1010. The minimum atomic E-state index is -4.77. The van der Waals surface area contributed by atoms with Gasteiger partial charge in [0.15, 0.2) is 0 Å². The number of rotatable bonds is 6. The smallest absolute Gasteiger partial charge is 0.374 e. The van der Waals surface area contributed by atoms with Gasteiger partial charge in [-0.15, -0.1) is 0 Å². The first kappa shape index (κ1) is 23.8. The number of carbonyl (C=O) groups is 1. The number of carbonyl (C=O) groups excluding carboxylic acids is 1. The molecule has 1 N–H and O–H groups in total. The first-order valence-electron chi connectivity index (χ1n) is 9.24. The van der Waals surface area contributed by atoms with Gasteiger partial charge in [0, 0.05) is 39.9 Å². The van der Waals surface area contributed by atoms with E-state index in [4.69, 9.17) is 28.0 Å². The molecule has 3 rings (SSSR count). The second-order valence-electron chi connectivity index (χ2n) is 7.07. The number of thioether (sulfide) groups is 1. The maximum absolute atomic E-state index is 14.1. The topological polar surface area (TPSA) is 50.7 Å². The predicted molar refractivity (Wildman–Crippen MR) is 118 cm³/mol. The van der Waals surface area contributed by atoms with Gasteiger partial charge < -0.3 is 10.2 Å². The Morgan fingerprint density at radius 2 is 1.90 bits per heavy atom. The van der Waals surface area contributed by atoms with Crippen molar-refractivity contribution in [3.8, 4) is 0 Å². The van der Waals surface area contributed by atoms with Gasteiger partial charge >= 0.3 is 6.18 Å². The van der Waals surface area contributed by atoms with Crippen LogP contribution in [-0.2, 0) is 10.4 Å². The second-order valence-corrected chi connectivity index (χ2v) is 8.93. The van der Waals surface area contributed by atoms with E-state index in [9.17, 15) is 18.0 Å². The van der Waals surface area contributed by atoms with Crippen LogP contribution in [0.15, 0.2) is 41.6 Å². The summed E-state index contributed by atoms with van der Waals surface area (Å²) in [6.07, 6.45) is -3.38. The van der Waals surface area contributed by atoms with Gasteiger partial charge in [-0.2, -0.15) is 24.9 Å². The molecule has 0 saturated heterocycles. The van der Waals surface area contributed by atoms with E-state index in [0.717, 1.165) is 5.75 Å². The van der Waals surface area contributed by atoms with Crippen molar-refractivity contribution in [1.29, 1.82) is 0 Å². The molecule has 1 aliphatic heterocycles. The third kappa shape index (κ3) is 4.96. The summed E-state index contributed by atoms with van der Waals surface area (Å²) in [4.78, 5) is 17.3. The number of hydrogen-bond acceptors (Lipinski definition) is 4. The minimum absolute atomic E-state index is 0.0656. The fourth-order valence-corrected chi connectivity index (χ4v) is 4.14. The summed E-state index contributed by atoms with van der Waals surface area (Å²) < 4.78 is 42.3. The van der Waals surface area contributed by atoms with Crippen LogP contribution in [0, 0.1) is 6.92 Å². The monoisotopic (exact) mass is 490 g/mol. The highest BCUT2D eigenvalue weighted by atomic mass is 35.5. The van der Waals surface area contributed by atoms with Crippen molar-refractivity contribution in [3.05, 3.63) is 68.7 Å². The van der Waals surface area contributed by atoms with Crippen LogP contribution in [0.3, 0.4) is 0 Å². The molecule has 2 aromatic rings. The van der Waals surface area contributed by atoms with E-state index in [1.54, 1.807) is 36.9 Å². The lowest BCUT2D eigenvalue weighted by Gasteiger charge is -2.29. The molecule has 10 heteroatoms. The lowest BCUT2D eigenvalue weighted by atomic mass is 9.86. The largest absolute Gasteiger partial charge is 0.435 e. The zero-order valence-electron chi connectivity index (χ0n) is 16.6. The van der Waals surface area contributed by atoms with Crippen LogP contribution >= 0.6 is 35.0 Å². The highest BCUT2D eigenvalue weighted by molar-refractivity contribution is 7.98. The molecule has 166 valence electrons. The fourth-order valence-electron chi connectivity index (χ4n) is 3.31. The SMILES string of the molecule is CSCCNC(=O)c1ccc(C2=NOC(c3cc(Cl)cc(Cl)c3)(C(F)(F)F)C2)cc1C. The van der Waals surface area contributed by atoms with E-state index in [1.807, 2.05) is 6.26 Å². The first-order chi connectivity index (χ1) is 14.6. The lowest BCUT2D eigenvalue weighted by Crippen LogP contribution is -2.42. The highest BCUT2D eigenvalue weighted by Crippen LogP contribution is 2.49. The van der Waals surface area contributed by atoms with Crippen molar-refractivity contribution < 1.29 is 22.8 Å². The Hall–Kier alpha value is -1.90. The van der Waals surface area contributed by atoms with Gasteiger partial charge in [-0.25, -0.2) is 0 Å². The van der Waals surface area contributed by atoms with Crippen LogP contribution in [0.2, 0.25) is 10.0 Å². The van der Waals surface area contributed by atoms with Crippen molar-refractivity contribution in [2.24, 2.45) is 5.16 Å². The van der Waals surface area contributed by atoms with Crippen LogP contribution < -0.4 is 5.32 Å². The number of oxime groups is 1. The molecule has 1 unspecified atom stereocenters. The quantitative estimate of drug-likeness (QED) is 0.506. The van der Waals surface area contributed by atoms with Crippen LogP contribution in [0.4, 0.5) is 13.2 Å². The number of aryl methyl sites for hydroxylation is 1. The predicted octanol–water partition coefficient (Wildman–Crippen LogP) is 5.98. The molecule has 0 fully saturated rings. The van der Waals surface area contributed by atoms with Gasteiger partial charge in [-0.05, 0) is 54.6 Å². The van der Waals surface area contributed by atoms with Gasteiger partial charge in [-0.1, -0.05) is 34.4 Å². The Morgan fingerprint density at radius 3 is 2.48 bits per heavy atom. The van der Waals surface area contributed by atoms with Crippen molar-refractivity contribution in [3.63, 3.8) is 0 Å². The van der Waals surface area contributed by atoms with E-state index in [-0.39, 0.29) is 27.2 Å². The van der Waals surface area contributed by atoms with Crippen molar-refractivity contribution in [2.45, 2.75) is 25.1 Å². The fraction of sp³-hybridized carbons (Fsp3) is 0.333. The molecule has 0 aliphatic carbocycles. The Kier molecular flexibility index (Phi) is 7.13. The Balaban J connectivity index is 1.88. The number of amides is 1. The van der Waals surface area contributed by atoms with E-state index >= 15 is 0 Å². The maximum Gasteiger partial charge on any atom is 0.435 e. The minimum Gasteiger partial charge on any atom is -0.374 e. The third-order valence-corrected chi connectivity index (χ3v) is 5.96. The average molecular weight is 491 g/mol. The number of hydrogen-bond donors (Lipinski definition) is 1. The van der Waals surface area contributed by atoms with Gasteiger partial charge in [0.05, 0.1) is 5.71 Å². The molecule has 0 radical (unpaired) electrons. The normalized spacial score (nSPS) is 18.5. The Morgan fingerprint density at radius 1 is 1.23 bits per heavy atom. The van der Waals surface area contributed by atoms with E-state index in [2.05, 4.69) is 10.5 Å². The first-order valence-corrected chi connectivity index (χ1v) is 11.4. The van der Waals surface area contributed by atoms with Crippen LogP contribution in [-0.4, -0.2) is 36.3 Å². The number of nitrogens with one attached hydrogen (secondary N) is 1. The van der Waals surface area contributed by atoms with E-state index < -0.39 is 18.2 Å². The van der Waals surface area contributed by atoms with Crippen LogP contribution in [0.25, 0.3) is 0 Å². The standard InChI is InChI=1S/C21H19Cl2F3N2O2S/c1-12-7-13(3-4-17(12)19(29)27-5-6-31-2)18-11-20(30-28-18,21(24,25)26)14-8-15(22)10-16(23)9-14/h3-4,7-10H,5-6,11H2,1-2H3,(H,27,29). The summed E-state index contributed by atoms with van der Waals surface area (Å²) in [6, 6.07) is 8.46. The number of alkyl halides is 3.